The van der Waals surface area contributed by atoms with Gasteiger partial charge in [0.05, 0.1) is 25.4 Å². The molecule has 2 rings (SSSR count). The van der Waals surface area contributed by atoms with Gasteiger partial charge in [-0.3, -0.25) is 0 Å². The van der Waals surface area contributed by atoms with Crippen molar-refractivity contribution in [2.45, 2.75) is 38.4 Å². The zero-order chi connectivity index (χ0) is 9.42. The molecule has 2 aliphatic rings. The fraction of sp³-hybridized carbons (Fsp3) is 1.00. The third kappa shape index (κ3) is 1.72. The summed E-state index contributed by atoms with van der Waals surface area (Å²) in [6.45, 7) is 4.82. The van der Waals surface area contributed by atoms with Gasteiger partial charge in [-0.25, -0.2) is 0 Å². The first kappa shape index (κ1) is 9.40. The maximum atomic E-state index is 9.56. The smallest absolute Gasteiger partial charge is 0.155 e. The van der Waals surface area contributed by atoms with Crippen LogP contribution in [0.3, 0.4) is 0 Å². The summed E-state index contributed by atoms with van der Waals surface area (Å²) in [6, 6.07) is 0. The fourth-order valence-electron chi connectivity index (χ4n) is 1.87. The molecule has 2 heterocycles. The van der Waals surface area contributed by atoms with Crippen LogP contribution in [-0.2, 0) is 14.2 Å². The van der Waals surface area contributed by atoms with Crippen LogP contribution in [0.5, 0.6) is 0 Å². The molecular formula is C9H16O4. The Kier molecular flexibility index (Phi) is 2.55. The summed E-state index contributed by atoms with van der Waals surface area (Å²) in [4.78, 5) is 0. The Morgan fingerprint density at radius 2 is 1.92 bits per heavy atom. The van der Waals surface area contributed by atoms with Crippen molar-refractivity contribution in [3.05, 3.63) is 0 Å². The predicted molar refractivity (Wildman–Crippen MR) is 45.2 cm³/mol. The molecule has 2 fully saturated rings. The molecule has 0 aliphatic carbocycles. The molecule has 4 heteroatoms. The average molecular weight is 188 g/mol. The van der Waals surface area contributed by atoms with Crippen LogP contribution in [0.25, 0.3) is 0 Å². The molecule has 0 radical (unpaired) electrons. The molecule has 5 unspecified atom stereocenters. The minimum absolute atomic E-state index is 0.00500. The standard InChI is InChI=1S/C9H16O4/c1-5-7(10)3-12-8-4-11-6(2)13-9(5)8/h5-10H,3-4H2,1-2H3. The number of aliphatic hydroxyl groups is 1. The normalized spacial score (nSPS) is 51.5. The highest BCUT2D eigenvalue weighted by Crippen LogP contribution is 2.28. The van der Waals surface area contributed by atoms with Gasteiger partial charge in [-0.15, -0.1) is 0 Å². The minimum atomic E-state index is -0.411. The molecule has 0 aromatic rings. The van der Waals surface area contributed by atoms with Crippen molar-refractivity contribution in [1.29, 1.82) is 0 Å². The number of ether oxygens (including phenoxy) is 3. The van der Waals surface area contributed by atoms with Gasteiger partial charge in [0.2, 0.25) is 0 Å². The topological polar surface area (TPSA) is 47.9 Å². The summed E-state index contributed by atoms with van der Waals surface area (Å²) in [6.07, 6.45) is -0.619. The quantitative estimate of drug-likeness (QED) is 0.587. The molecule has 2 saturated heterocycles. The van der Waals surface area contributed by atoms with Crippen molar-refractivity contribution in [3.8, 4) is 0 Å². The summed E-state index contributed by atoms with van der Waals surface area (Å²) >= 11 is 0. The van der Waals surface area contributed by atoms with Crippen molar-refractivity contribution in [2.75, 3.05) is 13.2 Å². The number of fused-ring (bicyclic) bond motifs is 1. The zero-order valence-electron chi connectivity index (χ0n) is 7.97. The molecule has 76 valence electrons. The molecule has 13 heavy (non-hydrogen) atoms. The SMILES string of the molecule is CC1OCC2OCC(O)C(C)C2O1. The maximum Gasteiger partial charge on any atom is 0.155 e. The lowest BCUT2D eigenvalue weighted by atomic mass is 9.91. The maximum absolute atomic E-state index is 9.56. The first-order chi connectivity index (χ1) is 6.18. The van der Waals surface area contributed by atoms with Gasteiger partial charge >= 0.3 is 0 Å². The van der Waals surface area contributed by atoms with E-state index in [1.807, 2.05) is 13.8 Å². The molecule has 0 bridgehead atoms. The fourth-order valence-corrected chi connectivity index (χ4v) is 1.87. The van der Waals surface area contributed by atoms with E-state index in [4.69, 9.17) is 14.2 Å². The second kappa shape index (κ2) is 3.53. The Labute approximate surface area is 77.8 Å². The minimum Gasteiger partial charge on any atom is -0.390 e. The lowest BCUT2D eigenvalue weighted by Crippen LogP contribution is -2.55. The zero-order valence-corrected chi connectivity index (χ0v) is 7.97. The van der Waals surface area contributed by atoms with E-state index in [2.05, 4.69) is 0 Å². The van der Waals surface area contributed by atoms with Crippen LogP contribution in [-0.4, -0.2) is 42.9 Å². The van der Waals surface area contributed by atoms with Crippen LogP contribution >= 0.6 is 0 Å². The molecule has 0 aromatic carbocycles. The molecule has 4 nitrogen and oxygen atoms in total. The van der Waals surface area contributed by atoms with Gasteiger partial charge in [-0.05, 0) is 6.92 Å². The van der Waals surface area contributed by atoms with Crippen LogP contribution in [0.1, 0.15) is 13.8 Å². The lowest BCUT2D eigenvalue weighted by Gasteiger charge is -2.43. The number of aliphatic hydroxyl groups excluding tert-OH is 1. The second-order valence-corrected chi connectivity index (χ2v) is 3.80. The number of rotatable bonds is 0. The van der Waals surface area contributed by atoms with Gasteiger partial charge in [0, 0.05) is 5.92 Å². The van der Waals surface area contributed by atoms with E-state index in [1.54, 1.807) is 0 Å². The molecule has 2 aliphatic heterocycles. The van der Waals surface area contributed by atoms with E-state index in [0.29, 0.717) is 13.2 Å². The summed E-state index contributed by atoms with van der Waals surface area (Å²) < 4.78 is 16.3. The van der Waals surface area contributed by atoms with Crippen LogP contribution in [0.15, 0.2) is 0 Å². The molecule has 5 atom stereocenters. The summed E-state index contributed by atoms with van der Waals surface area (Å²) in [5, 5.41) is 9.56. The summed E-state index contributed by atoms with van der Waals surface area (Å²) in [7, 11) is 0. The third-order valence-electron chi connectivity index (χ3n) is 2.82. The molecule has 0 spiro atoms. The van der Waals surface area contributed by atoms with E-state index in [1.165, 1.54) is 0 Å². The van der Waals surface area contributed by atoms with Crippen molar-refractivity contribution >= 4 is 0 Å². The summed E-state index contributed by atoms with van der Waals surface area (Å²) in [5.74, 6) is 0.130. The Balaban J connectivity index is 2.04. The van der Waals surface area contributed by atoms with Crippen molar-refractivity contribution in [1.82, 2.24) is 0 Å². The van der Waals surface area contributed by atoms with Gasteiger partial charge in [-0.1, -0.05) is 6.92 Å². The second-order valence-electron chi connectivity index (χ2n) is 3.80. The van der Waals surface area contributed by atoms with E-state index < -0.39 is 6.10 Å². The van der Waals surface area contributed by atoms with E-state index in [0.717, 1.165) is 0 Å². The Bertz CT molecular complexity index is 180. The highest BCUT2D eigenvalue weighted by atomic mass is 16.7. The average Bonchev–Trinajstić information content (AvgIpc) is 2.12. The first-order valence-corrected chi connectivity index (χ1v) is 4.75. The van der Waals surface area contributed by atoms with Crippen LogP contribution in [0.2, 0.25) is 0 Å². The Morgan fingerprint density at radius 1 is 1.15 bits per heavy atom. The lowest BCUT2D eigenvalue weighted by molar-refractivity contribution is -0.293. The Morgan fingerprint density at radius 3 is 2.69 bits per heavy atom. The van der Waals surface area contributed by atoms with Gasteiger partial charge < -0.3 is 19.3 Å². The van der Waals surface area contributed by atoms with Gasteiger partial charge in [0.15, 0.2) is 6.29 Å². The van der Waals surface area contributed by atoms with Crippen LogP contribution < -0.4 is 0 Å². The van der Waals surface area contributed by atoms with E-state index >= 15 is 0 Å². The van der Waals surface area contributed by atoms with Gasteiger partial charge in [0.25, 0.3) is 0 Å². The van der Waals surface area contributed by atoms with E-state index in [9.17, 15) is 5.11 Å². The van der Waals surface area contributed by atoms with Gasteiger partial charge in [0.1, 0.15) is 6.10 Å². The van der Waals surface area contributed by atoms with Gasteiger partial charge in [-0.2, -0.15) is 0 Å². The highest BCUT2D eigenvalue weighted by Gasteiger charge is 2.41. The Hall–Kier alpha value is -0.160. The van der Waals surface area contributed by atoms with Crippen molar-refractivity contribution in [3.63, 3.8) is 0 Å². The highest BCUT2D eigenvalue weighted by molar-refractivity contribution is 4.87. The van der Waals surface area contributed by atoms with Crippen LogP contribution in [0.4, 0.5) is 0 Å². The van der Waals surface area contributed by atoms with Crippen molar-refractivity contribution in [2.24, 2.45) is 5.92 Å². The predicted octanol–water partition coefficient (Wildman–Crippen LogP) is 0.144. The molecule has 0 saturated carbocycles. The molecular weight excluding hydrogens is 172 g/mol. The summed E-state index contributed by atoms with van der Waals surface area (Å²) in [5.41, 5.74) is 0. The molecule has 1 N–H and O–H groups in total. The first-order valence-electron chi connectivity index (χ1n) is 4.75. The van der Waals surface area contributed by atoms with Crippen LogP contribution in [0, 0.1) is 5.92 Å². The van der Waals surface area contributed by atoms with E-state index in [-0.39, 0.29) is 24.4 Å². The molecule has 0 aromatic heterocycles. The third-order valence-corrected chi connectivity index (χ3v) is 2.82. The number of hydrogen-bond acceptors (Lipinski definition) is 4. The largest absolute Gasteiger partial charge is 0.390 e. The number of hydrogen-bond donors (Lipinski definition) is 1. The molecule has 0 amide bonds. The van der Waals surface area contributed by atoms with Crippen molar-refractivity contribution < 1.29 is 19.3 Å². The monoisotopic (exact) mass is 188 g/mol.